The second-order valence-corrected chi connectivity index (χ2v) is 20.9. The van der Waals surface area contributed by atoms with Crippen molar-refractivity contribution in [1.82, 2.24) is 0 Å². The molecule has 0 radical (unpaired) electrons. The predicted molar refractivity (Wildman–Crippen MR) is 275 cm³/mol. The number of carbonyl (C=O) groups is 3. The van der Waals surface area contributed by atoms with Crippen molar-refractivity contribution in [2.75, 3.05) is 13.2 Å². The van der Waals surface area contributed by atoms with E-state index in [0.717, 1.165) is 69.6 Å². The van der Waals surface area contributed by atoms with Crippen LogP contribution in [0.2, 0.25) is 0 Å². The van der Waals surface area contributed by atoms with Gasteiger partial charge in [-0.15, -0.1) is 0 Å². The van der Waals surface area contributed by atoms with Gasteiger partial charge in [0.15, 0.2) is 6.10 Å². The summed E-state index contributed by atoms with van der Waals surface area (Å²) in [5, 5.41) is 0. The van der Waals surface area contributed by atoms with Crippen LogP contribution >= 0.6 is 0 Å². The zero-order chi connectivity index (χ0) is 46.8. The van der Waals surface area contributed by atoms with Crippen LogP contribution in [0.1, 0.15) is 324 Å². The third-order valence-electron chi connectivity index (χ3n) is 13.2. The van der Waals surface area contributed by atoms with Gasteiger partial charge in [-0.05, 0) is 31.1 Å². The van der Waals surface area contributed by atoms with E-state index in [-0.39, 0.29) is 31.1 Å². The van der Waals surface area contributed by atoms with E-state index < -0.39 is 6.10 Å². The molecule has 0 rings (SSSR count). The normalized spacial score (nSPS) is 12.0. The van der Waals surface area contributed by atoms with Crippen LogP contribution in [0.15, 0.2) is 0 Å². The third-order valence-corrected chi connectivity index (χ3v) is 13.2. The molecule has 0 bridgehead atoms. The molecule has 0 aromatic carbocycles. The Kier molecular flexibility index (Phi) is 49.6. The Hall–Kier alpha value is -1.59. The van der Waals surface area contributed by atoms with E-state index in [1.807, 2.05) is 0 Å². The molecule has 0 N–H and O–H groups in total. The van der Waals surface area contributed by atoms with Crippen LogP contribution in [0.25, 0.3) is 0 Å². The Morgan fingerprint density at radius 1 is 0.297 bits per heavy atom. The second-order valence-electron chi connectivity index (χ2n) is 20.9. The first kappa shape index (κ1) is 62.4. The summed E-state index contributed by atoms with van der Waals surface area (Å²) < 4.78 is 16.9. The summed E-state index contributed by atoms with van der Waals surface area (Å²) in [6.07, 6.45) is 53.8. The molecule has 64 heavy (non-hydrogen) atoms. The van der Waals surface area contributed by atoms with E-state index in [0.29, 0.717) is 19.3 Å². The quantitative estimate of drug-likeness (QED) is 0.0344. The molecule has 0 fully saturated rings. The lowest BCUT2D eigenvalue weighted by molar-refractivity contribution is -0.167. The largest absolute Gasteiger partial charge is 0.462 e. The Morgan fingerprint density at radius 2 is 0.516 bits per heavy atom. The molecule has 0 saturated heterocycles. The molecule has 6 nitrogen and oxygen atoms in total. The van der Waals surface area contributed by atoms with E-state index >= 15 is 0 Å². The van der Waals surface area contributed by atoms with Gasteiger partial charge in [-0.1, -0.05) is 285 Å². The van der Waals surface area contributed by atoms with Gasteiger partial charge in [-0.25, -0.2) is 0 Å². The minimum atomic E-state index is -0.763. The van der Waals surface area contributed by atoms with Crippen LogP contribution in [-0.2, 0) is 28.6 Å². The van der Waals surface area contributed by atoms with E-state index in [4.69, 9.17) is 14.2 Å². The fourth-order valence-corrected chi connectivity index (χ4v) is 8.87. The molecule has 0 aliphatic rings. The van der Waals surface area contributed by atoms with Crippen LogP contribution in [0.5, 0.6) is 0 Å². The zero-order valence-corrected chi connectivity index (χ0v) is 43.9. The van der Waals surface area contributed by atoms with Gasteiger partial charge in [0.05, 0.1) is 0 Å². The van der Waals surface area contributed by atoms with E-state index in [1.165, 1.54) is 212 Å². The highest BCUT2D eigenvalue weighted by molar-refractivity contribution is 5.71. The van der Waals surface area contributed by atoms with Gasteiger partial charge in [0, 0.05) is 19.3 Å². The number of carbonyl (C=O) groups excluding carboxylic acids is 3. The van der Waals surface area contributed by atoms with Gasteiger partial charge in [0.1, 0.15) is 13.2 Å². The van der Waals surface area contributed by atoms with Gasteiger partial charge in [0.2, 0.25) is 0 Å². The second kappa shape index (κ2) is 50.8. The summed E-state index contributed by atoms with van der Waals surface area (Å²) in [7, 11) is 0. The molecule has 380 valence electrons. The van der Waals surface area contributed by atoms with Crippen molar-refractivity contribution in [2.45, 2.75) is 330 Å². The molecular formula is C58H112O6. The summed E-state index contributed by atoms with van der Waals surface area (Å²) in [5.74, 6) is 0.821. The Balaban J connectivity index is 4.28. The summed E-state index contributed by atoms with van der Waals surface area (Å²) in [4.78, 5) is 38.1. The minimum absolute atomic E-state index is 0.0629. The molecular weight excluding hydrogens is 793 g/mol. The maximum absolute atomic E-state index is 12.8. The molecule has 6 heteroatoms. The van der Waals surface area contributed by atoms with Crippen molar-refractivity contribution in [3.63, 3.8) is 0 Å². The first-order valence-electron chi connectivity index (χ1n) is 28.7. The molecule has 1 atom stereocenters. The molecule has 0 aliphatic heterocycles. The smallest absolute Gasteiger partial charge is 0.306 e. The SMILES string of the molecule is CCCCCCCCCCCCCCCCCCC(=O)OC[C@H](COC(=O)CCCCCCCCCCCCCCCCC(C)C)OC(=O)CCCCCCCCCCCCC(C)C. The average molecular weight is 906 g/mol. The highest BCUT2D eigenvalue weighted by Gasteiger charge is 2.19. The van der Waals surface area contributed by atoms with Crippen molar-refractivity contribution >= 4 is 17.9 Å². The van der Waals surface area contributed by atoms with Gasteiger partial charge in [-0.3, -0.25) is 14.4 Å². The maximum Gasteiger partial charge on any atom is 0.306 e. The van der Waals surface area contributed by atoms with Gasteiger partial charge >= 0.3 is 17.9 Å². The Bertz CT molecular complexity index is 978. The fourth-order valence-electron chi connectivity index (χ4n) is 8.87. The first-order chi connectivity index (χ1) is 31.2. The van der Waals surface area contributed by atoms with Crippen molar-refractivity contribution in [3.05, 3.63) is 0 Å². The maximum atomic E-state index is 12.8. The highest BCUT2D eigenvalue weighted by Crippen LogP contribution is 2.18. The molecule has 0 aliphatic carbocycles. The molecule has 0 unspecified atom stereocenters. The number of unbranched alkanes of at least 4 members (excludes halogenated alkanes) is 37. The highest BCUT2D eigenvalue weighted by atomic mass is 16.6. The monoisotopic (exact) mass is 905 g/mol. The molecule has 0 heterocycles. The van der Waals surface area contributed by atoms with Gasteiger partial charge < -0.3 is 14.2 Å². The zero-order valence-electron chi connectivity index (χ0n) is 43.9. The average Bonchev–Trinajstić information content (AvgIpc) is 3.27. The van der Waals surface area contributed by atoms with Gasteiger partial charge in [-0.2, -0.15) is 0 Å². The molecule has 0 saturated carbocycles. The third kappa shape index (κ3) is 51.4. The van der Waals surface area contributed by atoms with Crippen LogP contribution in [0.3, 0.4) is 0 Å². The van der Waals surface area contributed by atoms with Crippen LogP contribution < -0.4 is 0 Å². The van der Waals surface area contributed by atoms with Crippen molar-refractivity contribution in [1.29, 1.82) is 0 Å². The summed E-state index contributed by atoms with van der Waals surface area (Å²) in [6, 6.07) is 0. The topological polar surface area (TPSA) is 78.9 Å². The molecule has 0 spiro atoms. The first-order valence-corrected chi connectivity index (χ1v) is 28.7. The van der Waals surface area contributed by atoms with Crippen molar-refractivity contribution in [3.8, 4) is 0 Å². The number of hydrogen-bond donors (Lipinski definition) is 0. The molecule has 0 amide bonds. The minimum Gasteiger partial charge on any atom is -0.462 e. The van der Waals surface area contributed by atoms with Crippen LogP contribution in [0.4, 0.5) is 0 Å². The summed E-state index contributed by atoms with van der Waals surface area (Å²) >= 11 is 0. The Labute approximate surface area is 399 Å². The molecule has 0 aromatic rings. The number of rotatable bonds is 52. The van der Waals surface area contributed by atoms with E-state index in [1.54, 1.807) is 0 Å². The van der Waals surface area contributed by atoms with Crippen molar-refractivity contribution < 1.29 is 28.6 Å². The predicted octanol–water partition coefficient (Wildman–Crippen LogP) is 18.9. The van der Waals surface area contributed by atoms with E-state index in [9.17, 15) is 14.4 Å². The van der Waals surface area contributed by atoms with Crippen LogP contribution in [0, 0.1) is 11.8 Å². The number of hydrogen-bond acceptors (Lipinski definition) is 6. The lowest BCUT2D eigenvalue weighted by Crippen LogP contribution is -2.30. The van der Waals surface area contributed by atoms with Gasteiger partial charge in [0.25, 0.3) is 0 Å². The van der Waals surface area contributed by atoms with Crippen LogP contribution in [-0.4, -0.2) is 37.2 Å². The standard InChI is InChI=1S/C58H112O6/c1-6-7-8-9-10-11-12-13-14-15-19-22-28-33-38-43-48-56(59)62-51-55(64-58(61)50-45-40-35-30-25-24-27-32-37-42-47-54(4)5)52-63-57(60)49-44-39-34-29-23-20-17-16-18-21-26-31-36-41-46-53(2)3/h53-55H,6-52H2,1-5H3/t55-/m1/s1. The molecule has 0 aromatic heterocycles. The van der Waals surface area contributed by atoms with Crippen molar-refractivity contribution in [2.24, 2.45) is 11.8 Å². The summed E-state index contributed by atoms with van der Waals surface area (Å²) in [5.41, 5.74) is 0. The van der Waals surface area contributed by atoms with E-state index in [2.05, 4.69) is 34.6 Å². The summed E-state index contributed by atoms with van der Waals surface area (Å²) in [6.45, 7) is 11.4. The lowest BCUT2D eigenvalue weighted by atomic mass is 10.0. The Morgan fingerprint density at radius 3 is 0.766 bits per heavy atom. The fraction of sp³-hybridized carbons (Fsp3) is 0.948. The lowest BCUT2D eigenvalue weighted by Gasteiger charge is -2.18. The number of ether oxygens (including phenoxy) is 3. The number of esters is 3.